The summed E-state index contributed by atoms with van der Waals surface area (Å²) in [5, 5.41) is 0. The Labute approximate surface area is 184 Å². The SMILES string of the molecule is CC(C)(C)OC(=O)C[C@]1(C(=O)N2CCN(c3ccc(F)cc3)CC2)C[C@H]1C1CCCC1. The van der Waals surface area contributed by atoms with Crippen LogP contribution < -0.4 is 4.90 Å². The highest BCUT2D eigenvalue weighted by molar-refractivity contribution is 5.91. The highest BCUT2D eigenvalue weighted by Gasteiger charge is 2.64. The van der Waals surface area contributed by atoms with Crippen molar-refractivity contribution in [2.45, 2.75) is 64.9 Å². The molecule has 1 amide bonds. The lowest BCUT2D eigenvalue weighted by atomic mass is 9.89. The fraction of sp³-hybridized carbons (Fsp3) is 0.680. The van der Waals surface area contributed by atoms with Crippen LogP contribution in [0.15, 0.2) is 24.3 Å². The van der Waals surface area contributed by atoms with E-state index in [9.17, 15) is 14.0 Å². The number of esters is 1. The molecule has 0 radical (unpaired) electrons. The van der Waals surface area contributed by atoms with Crippen LogP contribution in [0.4, 0.5) is 10.1 Å². The van der Waals surface area contributed by atoms with E-state index in [1.807, 2.05) is 25.7 Å². The van der Waals surface area contributed by atoms with Gasteiger partial charge in [0.05, 0.1) is 11.8 Å². The van der Waals surface area contributed by atoms with Gasteiger partial charge in [-0.25, -0.2) is 4.39 Å². The van der Waals surface area contributed by atoms with E-state index in [1.165, 1.54) is 37.8 Å². The lowest BCUT2D eigenvalue weighted by Gasteiger charge is -2.38. The molecular formula is C25H35FN2O3. The molecule has 2 aliphatic carbocycles. The monoisotopic (exact) mass is 430 g/mol. The molecule has 0 spiro atoms. The summed E-state index contributed by atoms with van der Waals surface area (Å²) in [7, 11) is 0. The summed E-state index contributed by atoms with van der Waals surface area (Å²) in [5.41, 5.74) is -0.137. The van der Waals surface area contributed by atoms with Gasteiger partial charge in [0.1, 0.15) is 11.4 Å². The van der Waals surface area contributed by atoms with E-state index in [-0.39, 0.29) is 24.1 Å². The predicted molar refractivity (Wildman–Crippen MR) is 118 cm³/mol. The highest BCUT2D eigenvalue weighted by Crippen LogP contribution is 2.63. The summed E-state index contributed by atoms with van der Waals surface area (Å²) in [4.78, 5) is 30.5. The number of piperazine rings is 1. The van der Waals surface area contributed by atoms with Gasteiger partial charge in [0.2, 0.25) is 5.91 Å². The van der Waals surface area contributed by atoms with Gasteiger partial charge in [0.25, 0.3) is 0 Å². The van der Waals surface area contributed by atoms with Gasteiger partial charge < -0.3 is 14.5 Å². The Hall–Kier alpha value is -2.11. The second kappa shape index (κ2) is 8.44. The normalized spacial score (nSPS) is 26.8. The van der Waals surface area contributed by atoms with Crippen LogP contribution in [0, 0.1) is 23.1 Å². The van der Waals surface area contributed by atoms with Crippen molar-refractivity contribution in [2.24, 2.45) is 17.3 Å². The molecule has 4 rings (SSSR count). The Kier molecular flexibility index (Phi) is 6.01. The molecule has 3 fully saturated rings. The van der Waals surface area contributed by atoms with Gasteiger partial charge >= 0.3 is 5.97 Å². The van der Waals surface area contributed by atoms with Gasteiger partial charge in [0.15, 0.2) is 0 Å². The number of carbonyl (C=O) groups excluding carboxylic acids is 2. The summed E-state index contributed by atoms with van der Waals surface area (Å²) >= 11 is 0. The van der Waals surface area contributed by atoms with E-state index in [0.717, 1.165) is 12.1 Å². The zero-order valence-corrected chi connectivity index (χ0v) is 19.0. The summed E-state index contributed by atoms with van der Waals surface area (Å²) in [5.74, 6) is 0.505. The fourth-order valence-corrected chi connectivity index (χ4v) is 5.61. The third kappa shape index (κ3) is 4.88. The van der Waals surface area contributed by atoms with Gasteiger partial charge in [0, 0.05) is 31.9 Å². The first kappa shape index (κ1) is 22.1. The zero-order chi connectivity index (χ0) is 22.2. The van der Waals surface area contributed by atoms with Crippen LogP contribution in [0.25, 0.3) is 0 Å². The number of nitrogens with zero attached hydrogens (tertiary/aromatic N) is 2. The first-order valence-electron chi connectivity index (χ1n) is 11.7. The molecule has 1 aliphatic heterocycles. The second-order valence-corrected chi connectivity index (χ2v) is 10.5. The van der Waals surface area contributed by atoms with Gasteiger partial charge in [-0.05, 0) is 63.3 Å². The van der Waals surface area contributed by atoms with Crippen LogP contribution in [0.2, 0.25) is 0 Å². The van der Waals surface area contributed by atoms with E-state index in [1.54, 1.807) is 12.1 Å². The molecule has 5 nitrogen and oxygen atoms in total. The lowest BCUT2D eigenvalue weighted by Crippen LogP contribution is -2.51. The van der Waals surface area contributed by atoms with E-state index < -0.39 is 11.0 Å². The van der Waals surface area contributed by atoms with E-state index in [2.05, 4.69) is 4.90 Å². The maximum atomic E-state index is 13.7. The Morgan fingerprint density at radius 1 is 1.06 bits per heavy atom. The average molecular weight is 431 g/mol. The molecule has 1 heterocycles. The Morgan fingerprint density at radius 2 is 1.68 bits per heavy atom. The smallest absolute Gasteiger partial charge is 0.307 e. The van der Waals surface area contributed by atoms with Crippen molar-refractivity contribution in [3.05, 3.63) is 30.1 Å². The Balaban J connectivity index is 1.43. The van der Waals surface area contributed by atoms with Crippen molar-refractivity contribution in [3.63, 3.8) is 0 Å². The number of ether oxygens (including phenoxy) is 1. The molecule has 2 saturated carbocycles. The minimum atomic E-state index is -0.574. The Morgan fingerprint density at radius 3 is 2.26 bits per heavy atom. The maximum Gasteiger partial charge on any atom is 0.307 e. The molecule has 170 valence electrons. The number of benzene rings is 1. The van der Waals surface area contributed by atoms with Gasteiger partial charge in [-0.3, -0.25) is 9.59 Å². The number of rotatable bonds is 5. The molecule has 31 heavy (non-hydrogen) atoms. The standard InChI is InChI=1S/C25H35FN2O3/c1-24(2,3)31-22(29)17-25(16-21(25)18-6-4-5-7-18)23(30)28-14-12-27(13-15-28)20-10-8-19(26)9-11-20/h8-11,18,21H,4-7,12-17H2,1-3H3/t21-,25+/m0/s1. The van der Waals surface area contributed by atoms with Crippen LogP contribution >= 0.6 is 0 Å². The number of amides is 1. The van der Waals surface area contributed by atoms with E-state index in [0.29, 0.717) is 38.0 Å². The van der Waals surface area contributed by atoms with Crippen LogP contribution in [0.5, 0.6) is 0 Å². The number of carbonyl (C=O) groups is 2. The molecule has 0 bridgehead atoms. The van der Waals surface area contributed by atoms with Gasteiger partial charge in [-0.2, -0.15) is 0 Å². The van der Waals surface area contributed by atoms with Crippen molar-refractivity contribution in [2.75, 3.05) is 31.1 Å². The third-order valence-electron chi connectivity index (χ3n) is 7.17. The molecule has 0 N–H and O–H groups in total. The largest absolute Gasteiger partial charge is 0.460 e. The van der Waals surface area contributed by atoms with Crippen molar-refractivity contribution in [1.29, 1.82) is 0 Å². The third-order valence-corrected chi connectivity index (χ3v) is 7.17. The van der Waals surface area contributed by atoms with Crippen LogP contribution in [0.1, 0.15) is 59.3 Å². The number of hydrogen-bond donors (Lipinski definition) is 0. The number of hydrogen-bond acceptors (Lipinski definition) is 4. The highest BCUT2D eigenvalue weighted by atomic mass is 19.1. The zero-order valence-electron chi connectivity index (χ0n) is 19.0. The van der Waals surface area contributed by atoms with Crippen molar-refractivity contribution in [1.82, 2.24) is 4.90 Å². The molecular weight excluding hydrogens is 395 g/mol. The van der Waals surface area contributed by atoms with E-state index in [4.69, 9.17) is 4.74 Å². The van der Waals surface area contributed by atoms with E-state index >= 15 is 0 Å². The first-order valence-corrected chi connectivity index (χ1v) is 11.7. The molecule has 1 aromatic rings. The summed E-state index contributed by atoms with van der Waals surface area (Å²) in [6.07, 6.45) is 5.82. The summed E-state index contributed by atoms with van der Waals surface area (Å²) in [6, 6.07) is 6.51. The van der Waals surface area contributed by atoms with Crippen LogP contribution in [0.3, 0.4) is 0 Å². The second-order valence-electron chi connectivity index (χ2n) is 10.5. The van der Waals surface area contributed by atoms with Crippen LogP contribution in [-0.4, -0.2) is 48.6 Å². The quantitative estimate of drug-likeness (QED) is 0.650. The molecule has 3 aliphatic rings. The number of anilines is 1. The molecule has 1 aromatic carbocycles. The molecule has 0 unspecified atom stereocenters. The first-order chi connectivity index (χ1) is 14.7. The van der Waals surface area contributed by atoms with Crippen molar-refractivity contribution in [3.8, 4) is 0 Å². The fourth-order valence-electron chi connectivity index (χ4n) is 5.61. The van der Waals surface area contributed by atoms with Gasteiger partial charge in [-0.15, -0.1) is 0 Å². The topological polar surface area (TPSA) is 49.9 Å². The average Bonchev–Trinajstić information content (AvgIpc) is 3.17. The molecule has 2 atom stereocenters. The molecule has 1 saturated heterocycles. The van der Waals surface area contributed by atoms with Gasteiger partial charge in [-0.1, -0.05) is 25.7 Å². The molecule has 0 aromatic heterocycles. The summed E-state index contributed by atoms with van der Waals surface area (Å²) < 4.78 is 18.8. The number of halogens is 1. The van der Waals surface area contributed by atoms with Crippen molar-refractivity contribution >= 4 is 17.6 Å². The summed E-state index contributed by atoms with van der Waals surface area (Å²) in [6.45, 7) is 8.30. The minimum absolute atomic E-state index is 0.133. The minimum Gasteiger partial charge on any atom is -0.460 e. The van der Waals surface area contributed by atoms with Crippen molar-refractivity contribution < 1.29 is 18.7 Å². The Bertz CT molecular complexity index is 805. The predicted octanol–water partition coefficient (Wildman–Crippen LogP) is 4.40. The lowest BCUT2D eigenvalue weighted by molar-refractivity contribution is -0.159. The maximum absolute atomic E-state index is 13.7. The molecule has 6 heteroatoms. The van der Waals surface area contributed by atoms with Crippen LogP contribution in [-0.2, 0) is 14.3 Å².